The average Bonchev–Trinajstić information content (AvgIpc) is 3.43. The molecule has 0 fully saturated rings. The number of carbonyl (C=O) groups excluding carboxylic acids is 3. The largest absolute Gasteiger partial charge is 0.472 e. The first-order chi connectivity index (χ1) is 38.2. The Kier molecular flexibility index (Phi) is 56.8. The quantitative estimate of drug-likeness (QED) is 0.0197. The molecule has 0 heterocycles. The summed E-state index contributed by atoms with van der Waals surface area (Å²) in [6.07, 6.45) is 70.8. The topological polar surface area (TPSA) is 155 Å². The van der Waals surface area contributed by atoms with E-state index >= 15 is 0 Å². The fraction of sp³-hybridized carbons (Fsp3) is 0.712. The van der Waals surface area contributed by atoms with E-state index in [-0.39, 0.29) is 25.9 Å². The summed E-state index contributed by atoms with van der Waals surface area (Å²) in [6, 6.07) is 0. The van der Waals surface area contributed by atoms with Gasteiger partial charge in [0.1, 0.15) is 12.7 Å². The Labute approximate surface area is 476 Å². The van der Waals surface area contributed by atoms with E-state index in [4.69, 9.17) is 23.3 Å². The van der Waals surface area contributed by atoms with Crippen molar-refractivity contribution in [2.75, 3.05) is 26.4 Å². The normalized spacial score (nSPS) is 14.0. The van der Waals surface area contributed by atoms with Gasteiger partial charge >= 0.3 is 25.7 Å². The highest BCUT2D eigenvalue weighted by molar-refractivity contribution is 7.47. The highest BCUT2D eigenvalue weighted by atomic mass is 31.2. The van der Waals surface area contributed by atoms with Crippen molar-refractivity contribution in [3.05, 3.63) is 97.2 Å². The lowest BCUT2D eigenvalue weighted by molar-refractivity contribution is -0.161. The number of phosphoric acid groups is 1. The Morgan fingerprint density at radius 1 is 0.372 bits per heavy atom. The molecule has 0 aliphatic rings. The molecule has 0 aromatic heterocycles. The van der Waals surface area contributed by atoms with Crippen LogP contribution in [0.25, 0.3) is 0 Å². The molecular weight excluding hydrogens is 1000 g/mol. The molecule has 448 valence electrons. The maximum Gasteiger partial charge on any atom is 0.472 e. The first kappa shape index (κ1) is 74.4. The van der Waals surface area contributed by atoms with Crippen molar-refractivity contribution >= 4 is 25.7 Å². The van der Waals surface area contributed by atoms with Gasteiger partial charge in [0, 0.05) is 19.3 Å². The third kappa shape index (κ3) is 57.1. The number of hydrogen-bond donors (Lipinski definition) is 2. The first-order valence-corrected chi connectivity index (χ1v) is 32.6. The second-order valence-electron chi connectivity index (χ2n) is 20.5. The van der Waals surface area contributed by atoms with Crippen molar-refractivity contribution in [2.24, 2.45) is 0 Å². The second-order valence-corrected chi connectivity index (χ2v) is 21.9. The van der Waals surface area contributed by atoms with E-state index in [1.165, 1.54) is 96.3 Å². The summed E-state index contributed by atoms with van der Waals surface area (Å²) in [7, 11) is -4.77. The van der Waals surface area contributed by atoms with Crippen molar-refractivity contribution in [1.29, 1.82) is 0 Å². The zero-order valence-electron chi connectivity index (χ0n) is 49.6. The van der Waals surface area contributed by atoms with Crippen LogP contribution in [-0.2, 0) is 42.2 Å². The zero-order valence-corrected chi connectivity index (χ0v) is 50.5. The predicted octanol–water partition coefficient (Wildman–Crippen LogP) is 18.8. The van der Waals surface area contributed by atoms with Crippen LogP contribution in [0, 0.1) is 0 Å². The summed E-state index contributed by atoms with van der Waals surface area (Å²) in [5, 5.41) is 9.83. The van der Waals surface area contributed by atoms with Gasteiger partial charge in [-0.2, -0.15) is 0 Å². The summed E-state index contributed by atoms with van der Waals surface area (Å²) >= 11 is 0. The third-order valence-electron chi connectivity index (χ3n) is 13.0. The van der Waals surface area contributed by atoms with Crippen molar-refractivity contribution in [2.45, 2.75) is 277 Å². The molecule has 0 bridgehead atoms. The summed E-state index contributed by atoms with van der Waals surface area (Å²) in [5.74, 6) is -1.53. The molecular formula is C66H113O11P. The Morgan fingerprint density at radius 3 is 1.05 bits per heavy atom. The maximum atomic E-state index is 12.9. The van der Waals surface area contributed by atoms with E-state index in [0.29, 0.717) is 19.3 Å². The van der Waals surface area contributed by atoms with Crippen LogP contribution < -0.4 is 0 Å². The standard InChI is InChI=1S/C66H113O11P/c1-4-7-10-13-16-19-22-25-28-30-31-33-35-37-40-43-46-49-52-55-64(68)73-59-63(77-66(70)57-54-51-48-45-42-39-36-32-29-26-23-20-17-14-11-8-5-2)61-75-78(71,72)74-60-62(58-67)76-65(69)56-53-50-47-44-41-38-34-27-24-21-18-15-12-9-6-3/h8-9,11-12,17-18,20-21,26-27,29,34,36,39,41,44,62-63,67H,4-7,10,13-16,19,22-25,28,30-33,35,37-38,40,42-43,45-61H2,1-3H3,(H,71,72)/b11-8-,12-9-,20-17-,21-18-,29-26-,34-27-,39-36-,44-41-. The van der Waals surface area contributed by atoms with Crippen LogP contribution >= 0.6 is 7.82 Å². The van der Waals surface area contributed by atoms with Gasteiger partial charge in [0.05, 0.1) is 19.8 Å². The molecule has 0 spiro atoms. The van der Waals surface area contributed by atoms with E-state index in [1.807, 2.05) is 0 Å². The minimum atomic E-state index is -4.77. The highest BCUT2D eigenvalue weighted by Crippen LogP contribution is 2.43. The van der Waals surface area contributed by atoms with Crippen molar-refractivity contribution in [1.82, 2.24) is 0 Å². The van der Waals surface area contributed by atoms with Crippen LogP contribution in [0.15, 0.2) is 97.2 Å². The molecule has 0 aromatic rings. The lowest BCUT2D eigenvalue weighted by Gasteiger charge is -2.21. The van der Waals surface area contributed by atoms with Gasteiger partial charge < -0.3 is 24.2 Å². The second kappa shape index (κ2) is 59.5. The SMILES string of the molecule is CC/C=C\C/C=C\C/C=C\C/C=C\CCCCCCC(=O)OC(COC(=O)CCCCCCCCCCCCCCCCCCCCC)COP(=O)(O)OCC(CO)OC(=O)CCCC/C=C\C/C=C\C/C=C\C/C=C\CC. The monoisotopic (exact) mass is 1110 g/mol. The molecule has 3 unspecified atom stereocenters. The number of carbonyl (C=O) groups is 3. The molecule has 0 aromatic carbocycles. The Bertz CT molecular complexity index is 1680. The Balaban J connectivity index is 4.77. The predicted molar refractivity (Wildman–Crippen MR) is 325 cm³/mol. The number of aliphatic hydroxyl groups excluding tert-OH is 1. The zero-order chi connectivity index (χ0) is 56.9. The molecule has 0 aliphatic heterocycles. The molecule has 0 radical (unpaired) electrons. The van der Waals surface area contributed by atoms with Crippen molar-refractivity contribution < 1.29 is 52.2 Å². The summed E-state index contributed by atoms with van der Waals surface area (Å²) in [4.78, 5) is 48.7. The van der Waals surface area contributed by atoms with Gasteiger partial charge in [-0.15, -0.1) is 0 Å². The Hall–Kier alpha value is -3.60. The lowest BCUT2D eigenvalue weighted by atomic mass is 10.0. The molecule has 11 nitrogen and oxygen atoms in total. The van der Waals surface area contributed by atoms with Crippen molar-refractivity contribution in [3.8, 4) is 0 Å². The van der Waals surface area contributed by atoms with E-state index in [1.54, 1.807) is 0 Å². The molecule has 0 rings (SSSR count). The van der Waals surface area contributed by atoms with Gasteiger partial charge in [0.25, 0.3) is 0 Å². The number of unbranched alkanes of at least 4 members (excludes halogenated alkanes) is 24. The van der Waals surface area contributed by atoms with E-state index < -0.39 is 57.8 Å². The molecule has 0 saturated carbocycles. The summed E-state index contributed by atoms with van der Waals surface area (Å²) < 4.78 is 39.6. The van der Waals surface area contributed by atoms with Crippen LogP contribution in [0.1, 0.15) is 265 Å². The van der Waals surface area contributed by atoms with Crippen LogP contribution in [0.3, 0.4) is 0 Å². The van der Waals surface area contributed by atoms with Gasteiger partial charge in [-0.1, -0.05) is 246 Å². The Morgan fingerprint density at radius 2 is 0.667 bits per heavy atom. The molecule has 2 N–H and O–H groups in total. The summed E-state index contributed by atoms with van der Waals surface area (Å²) in [5.41, 5.74) is 0. The minimum Gasteiger partial charge on any atom is -0.462 e. The number of hydrogen-bond acceptors (Lipinski definition) is 10. The highest BCUT2D eigenvalue weighted by Gasteiger charge is 2.28. The molecule has 0 aliphatic carbocycles. The number of aliphatic hydroxyl groups is 1. The van der Waals surface area contributed by atoms with E-state index in [9.17, 15) is 28.9 Å². The van der Waals surface area contributed by atoms with Gasteiger partial charge in [-0.05, 0) is 96.3 Å². The summed E-state index contributed by atoms with van der Waals surface area (Å²) in [6.45, 7) is 4.37. The molecule has 12 heteroatoms. The van der Waals surface area contributed by atoms with Crippen molar-refractivity contribution in [3.63, 3.8) is 0 Å². The molecule has 0 saturated heterocycles. The number of phosphoric ester groups is 1. The van der Waals surface area contributed by atoms with E-state index in [0.717, 1.165) is 109 Å². The van der Waals surface area contributed by atoms with Crippen LogP contribution in [0.2, 0.25) is 0 Å². The maximum absolute atomic E-state index is 12.9. The third-order valence-corrected chi connectivity index (χ3v) is 14.0. The fourth-order valence-electron chi connectivity index (χ4n) is 8.34. The molecule has 0 amide bonds. The van der Waals surface area contributed by atoms with E-state index in [2.05, 4.69) is 118 Å². The number of allylic oxidation sites excluding steroid dienone is 16. The number of rotatable bonds is 57. The van der Waals surface area contributed by atoms with Gasteiger partial charge in [-0.3, -0.25) is 23.4 Å². The number of esters is 3. The minimum absolute atomic E-state index is 0.120. The van der Waals surface area contributed by atoms with Gasteiger partial charge in [0.15, 0.2) is 6.10 Å². The fourth-order valence-corrected chi connectivity index (χ4v) is 9.12. The van der Waals surface area contributed by atoms with Crippen LogP contribution in [0.5, 0.6) is 0 Å². The van der Waals surface area contributed by atoms with Gasteiger partial charge in [0.2, 0.25) is 0 Å². The molecule has 78 heavy (non-hydrogen) atoms. The van der Waals surface area contributed by atoms with Gasteiger partial charge in [-0.25, -0.2) is 4.57 Å². The number of ether oxygens (including phenoxy) is 3. The smallest absolute Gasteiger partial charge is 0.462 e. The van der Waals surface area contributed by atoms with Crippen LogP contribution in [-0.4, -0.2) is 66.5 Å². The lowest BCUT2D eigenvalue weighted by Crippen LogP contribution is -2.30. The van der Waals surface area contributed by atoms with Crippen LogP contribution in [0.4, 0.5) is 0 Å². The average molecular weight is 1110 g/mol. The first-order valence-electron chi connectivity index (χ1n) is 31.1. The molecule has 3 atom stereocenters.